The van der Waals surface area contributed by atoms with Crippen molar-refractivity contribution < 1.29 is 4.79 Å². The Bertz CT molecular complexity index is 422. The maximum atomic E-state index is 12.2. The fourth-order valence-electron chi connectivity index (χ4n) is 2.36. The Balaban J connectivity index is 2.02. The first-order chi connectivity index (χ1) is 8.70. The maximum Gasteiger partial charge on any atom is 0.228 e. The molecule has 0 radical (unpaired) electrons. The fraction of sp³-hybridized carbons (Fsp3) is 0.500. The van der Waals surface area contributed by atoms with E-state index in [2.05, 4.69) is 17.3 Å². The minimum absolute atomic E-state index is 0.124. The number of piperidine rings is 1. The van der Waals surface area contributed by atoms with Gasteiger partial charge in [-0.2, -0.15) is 0 Å². The number of anilines is 1. The van der Waals surface area contributed by atoms with E-state index in [1.54, 1.807) is 11.8 Å². The SMILES string of the molecule is CSc1ccccc1NC(=O)[C@@H]1CCCN(C)C1. The molecule has 4 heteroatoms. The minimum atomic E-state index is 0.124. The predicted molar refractivity (Wildman–Crippen MR) is 77.1 cm³/mol. The predicted octanol–water partition coefficient (Wildman–Crippen LogP) is 2.69. The van der Waals surface area contributed by atoms with Crippen LogP contribution in [0.25, 0.3) is 0 Å². The molecule has 0 unspecified atom stereocenters. The van der Waals surface area contributed by atoms with E-state index in [0.717, 1.165) is 36.5 Å². The van der Waals surface area contributed by atoms with Crippen LogP contribution in [-0.2, 0) is 4.79 Å². The second-order valence-electron chi connectivity index (χ2n) is 4.79. The molecule has 2 rings (SSSR count). The lowest BCUT2D eigenvalue weighted by Gasteiger charge is -2.28. The number of carbonyl (C=O) groups is 1. The first kappa shape index (κ1) is 13.4. The van der Waals surface area contributed by atoms with Crippen molar-refractivity contribution in [1.82, 2.24) is 4.90 Å². The van der Waals surface area contributed by atoms with Crippen LogP contribution in [0.2, 0.25) is 0 Å². The van der Waals surface area contributed by atoms with Crippen molar-refractivity contribution >= 4 is 23.4 Å². The Morgan fingerprint density at radius 3 is 2.94 bits per heavy atom. The van der Waals surface area contributed by atoms with Gasteiger partial charge in [-0.15, -0.1) is 11.8 Å². The third kappa shape index (κ3) is 3.27. The zero-order valence-electron chi connectivity index (χ0n) is 11.0. The highest BCUT2D eigenvalue weighted by molar-refractivity contribution is 7.98. The van der Waals surface area contributed by atoms with Gasteiger partial charge in [0.1, 0.15) is 0 Å². The average Bonchev–Trinajstić information content (AvgIpc) is 2.39. The van der Waals surface area contributed by atoms with Gasteiger partial charge in [-0.25, -0.2) is 0 Å². The Morgan fingerprint density at radius 2 is 2.22 bits per heavy atom. The summed E-state index contributed by atoms with van der Waals surface area (Å²) in [6.07, 6.45) is 4.13. The molecule has 0 aromatic heterocycles. The number of benzene rings is 1. The molecular weight excluding hydrogens is 244 g/mol. The van der Waals surface area contributed by atoms with Crippen LogP contribution >= 0.6 is 11.8 Å². The van der Waals surface area contributed by atoms with E-state index in [1.165, 1.54) is 0 Å². The lowest BCUT2D eigenvalue weighted by Crippen LogP contribution is -2.38. The Hall–Kier alpha value is -1.00. The monoisotopic (exact) mass is 264 g/mol. The van der Waals surface area contributed by atoms with E-state index >= 15 is 0 Å². The zero-order valence-corrected chi connectivity index (χ0v) is 11.8. The highest BCUT2D eigenvalue weighted by atomic mass is 32.2. The Kier molecular flexibility index (Phi) is 4.66. The van der Waals surface area contributed by atoms with Gasteiger partial charge in [-0.1, -0.05) is 12.1 Å². The van der Waals surface area contributed by atoms with Gasteiger partial charge in [0.25, 0.3) is 0 Å². The molecule has 0 aliphatic carbocycles. The molecule has 1 heterocycles. The second kappa shape index (κ2) is 6.25. The molecule has 3 nitrogen and oxygen atoms in total. The summed E-state index contributed by atoms with van der Waals surface area (Å²) in [5.41, 5.74) is 0.934. The molecule has 1 N–H and O–H groups in total. The molecule has 0 spiro atoms. The summed E-state index contributed by atoms with van der Waals surface area (Å²) in [5.74, 6) is 0.279. The summed E-state index contributed by atoms with van der Waals surface area (Å²) in [6, 6.07) is 7.96. The zero-order chi connectivity index (χ0) is 13.0. The van der Waals surface area contributed by atoms with Crippen LogP contribution in [0.4, 0.5) is 5.69 Å². The van der Waals surface area contributed by atoms with Gasteiger partial charge in [0.15, 0.2) is 0 Å². The number of amides is 1. The first-order valence-electron chi connectivity index (χ1n) is 6.33. The fourth-order valence-corrected chi connectivity index (χ4v) is 2.92. The minimum Gasteiger partial charge on any atom is -0.325 e. The first-order valence-corrected chi connectivity index (χ1v) is 7.55. The molecular formula is C14H20N2OS. The van der Waals surface area contributed by atoms with E-state index in [4.69, 9.17) is 0 Å². The molecule has 1 aliphatic heterocycles. The molecule has 1 aromatic carbocycles. The number of thioether (sulfide) groups is 1. The number of hydrogen-bond donors (Lipinski definition) is 1. The van der Waals surface area contributed by atoms with Crippen LogP contribution < -0.4 is 5.32 Å². The lowest BCUT2D eigenvalue weighted by atomic mass is 9.97. The molecule has 18 heavy (non-hydrogen) atoms. The highest BCUT2D eigenvalue weighted by Crippen LogP contribution is 2.26. The topological polar surface area (TPSA) is 32.3 Å². The molecule has 1 amide bonds. The van der Waals surface area contributed by atoms with Crippen molar-refractivity contribution in [2.45, 2.75) is 17.7 Å². The van der Waals surface area contributed by atoms with Crippen molar-refractivity contribution in [3.8, 4) is 0 Å². The van der Waals surface area contributed by atoms with Gasteiger partial charge < -0.3 is 10.2 Å². The quantitative estimate of drug-likeness (QED) is 0.852. The van der Waals surface area contributed by atoms with Crippen LogP contribution in [-0.4, -0.2) is 37.2 Å². The van der Waals surface area contributed by atoms with Gasteiger partial charge in [-0.3, -0.25) is 4.79 Å². The molecule has 1 aromatic rings. The summed E-state index contributed by atoms with van der Waals surface area (Å²) in [5, 5.41) is 3.07. The summed E-state index contributed by atoms with van der Waals surface area (Å²) >= 11 is 1.66. The Labute approximate surface area is 113 Å². The van der Waals surface area contributed by atoms with E-state index in [1.807, 2.05) is 30.5 Å². The number of para-hydroxylation sites is 1. The molecule has 0 saturated carbocycles. The van der Waals surface area contributed by atoms with E-state index < -0.39 is 0 Å². The summed E-state index contributed by atoms with van der Waals surface area (Å²) in [7, 11) is 2.08. The van der Waals surface area contributed by atoms with Crippen molar-refractivity contribution in [2.24, 2.45) is 5.92 Å². The molecule has 1 saturated heterocycles. The molecule has 1 fully saturated rings. The normalized spacial score (nSPS) is 20.7. The summed E-state index contributed by atoms with van der Waals surface area (Å²) < 4.78 is 0. The smallest absolute Gasteiger partial charge is 0.228 e. The molecule has 98 valence electrons. The standard InChI is InChI=1S/C14H20N2OS/c1-16-9-5-6-11(10-16)14(17)15-12-7-3-4-8-13(12)18-2/h3-4,7-8,11H,5-6,9-10H2,1-2H3,(H,15,17)/t11-/m1/s1. The van der Waals surface area contributed by atoms with Crippen LogP contribution in [0.1, 0.15) is 12.8 Å². The number of hydrogen-bond acceptors (Lipinski definition) is 3. The summed E-state index contributed by atoms with van der Waals surface area (Å²) in [6.45, 7) is 1.97. The average molecular weight is 264 g/mol. The van der Waals surface area contributed by atoms with Gasteiger partial charge >= 0.3 is 0 Å². The van der Waals surface area contributed by atoms with Crippen LogP contribution in [0.5, 0.6) is 0 Å². The van der Waals surface area contributed by atoms with Crippen molar-refractivity contribution in [1.29, 1.82) is 0 Å². The van der Waals surface area contributed by atoms with E-state index in [0.29, 0.717) is 0 Å². The highest BCUT2D eigenvalue weighted by Gasteiger charge is 2.24. The van der Waals surface area contributed by atoms with Crippen molar-refractivity contribution in [3.63, 3.8) is 0 Å². The number of nitrogens with one attached hydrogen (secondary N) is 1. The number of nitrogens with zero attached hydrogens (tertiary/aromatic N) is 1. The van der Waals surface area contributed by atoms with Gasteiger partial charge in [0.2, 0.25) is 5.91 Å². The maximum absolute atomic E-state index is 12.2. The van der Waals surface area contributed by atoms with Crippen molar-refractivity contribution in [2.75, 3.05) is 31.7 Å². The third-order valence-electron chi connectivity index (χ3n) is 3.36. The van der Waals surface area contributed by atoms with Crippen LogP contribution in [0.15, 0.2) is 29.2 Å². The van der Waals surface area contributed by atoms with Gasteiger partial charge in [-0.05, 0) is 44.8 Å². The Morgan fingerprint density at radius 1 is 1.44 bits per heavy atom. The van der Waals surface area contributed by atoms with Crippen LogP contribution in [0.3, 0.4) is 0 Å². The largest absolute Gasteiger partial charge is 0.325 e. The molecule has 1 atom stereocenters. The number of rotatable bonds is 3. The van der Waals surface area contributed by atoms with E-state index in [-0.39, 0.29) is 11.8 Å². The summed E-state index contributed by atoms with van der Waals surface area (Å²) in [4.78, 5) is 15.6. The number of carbonyl (C=O) groups excluding carboxylic acids is 1. The van der Waals surface area contributed by atoms with Gasteiger partial charge in [0, 0.05) is 11.4 Å². The molecule has 1 aliphatic rings. The van der Waals surface area contributed by atoms with Crippen LogP contribution in [0, 0.1) is 5.92 Å². The van der Waals surface area contributed by atoms with Crippen molar-refractivity contribution in [3.05, 3.63) is 24.3 Å². The molecule has 0 bridgehead atoms. The van der Waals surface area contributed by atoms with Gasteiger partial charge in [0.05, 0.1) is 11.6 Å². The van der Waals surface area contributed by atoms with E-state index in [9.17, 15) is 4.79 Å². The third-order valence-corrected chi connectivity index (χ3v) is 4.16. The second-order valence-corrected chi connectivity index (χ2v) is 5.64. The number of likely N-dealkylation sites (tertiary alicyclic amines) is 1. The lowest BCUT2D eigenvalue weighted by molar-refractivity contribution is -0.121.